The highest BCUT2D eigenvalue weighted by atomic mass is 32.1. The van der Waals surface area contributed by atoms with Crippen molar-refractivity contribution in [1.29, 1.82) is 0 Å². The molecule has 0 spiro atoms. The maximum atomic E-state index is 5.87. The molecule has 3 N–H and O–H groups in total. The van der Waals surface area contributed by atoms with Crippen LogP contribution in [0.25, 0.3) is 0 Å². The Kier molecular flexibility index (Phi) is 3.61. The van der Waals surface area contributed by atoms with Crippen molar-refractivity contribution < 1.29 is 0 Å². The van der Waals surface area contributed by atoms with Gasteiger partial charge in [0.1, 0.15) is 6.04 Å². The van der Waals surface area contributed by atoms with E-state index in [0.717, 1.165) is 24.7 Å². The highest BCUT2D eigenvalue weighted by Crippen LogP contribution is 2.26. The summed E-state index contributed by atoms with van der Waals surface area (Å²) in [6.07, 6.45) is 4.47. The summed E-state index contributed by atoms with van der Waals surface area (Å²) in [5, 5.41) is 0. The summed E-state index contributed by atoms with van der Waals surface area (Å²) < 4.78 is 0. The van der Waals surface area contributed by atoms with E-state index in [2.05, 4.69) is 22.9 Å². The van der Waals surface area contributed by atoms with Gasteiger partial charge >= 0.3 is 0 Å². The molecule has 16 heavy (non-hydrogen) atoms. The van der Waals surface area contributed by atoms with Gasteiger partial charge < -0.3 is 10.7 Å². The van der Waals surface area contributed by atoms with Crippen LogP contribution in [0.1, 0.15) is 31.5 Å². The number of aromatic amines is 1. The van der Waals surface area contributed by atoms with E-state index in [9.17, 15) is 0 Å². The van der Waals surface area contributed by atoms with E-state index >= 15 is 0 Å². The molecule has 2 rings (SSSR count). The van der Waals surface area contributed by atoms with Gasteiger partial charge in [-0.2, -0.15) is 0 Å². The molecule has 2 unspecified atom stereocenters. The van der Waals surface area contributed by atoms with E-state index < -0.39 is 0 Å². The van der Waals surface area contributed by atoms with Gasteiger partial charge in [0.15, 0.2) is 0 Å². The minimum Gasteiger partial charge on any atom is -0.392 e. The van der Waals surface area contributed by atoms with Gasteiger partial charge in [0.05, 0.1) is 4.99 Å². The van der Waals surface area contributed by atoms with E-state index in [1.807, 2.05) is 12.3 Å². The highest BCUT2D eigenvalue weighted by Gasteiger charge is 2.27. The predicted molar refractivity (Wildman–Crippen MR) is 70.3 cm³/mol. The van der Waals surface area contributed by atoms with Crippen molar-refractivity contribution in [2.75, 3.05) is 13.1 Å². The molecule has 0 radical (unpaired) electrons. The third kappa shape index (κ3) is 2.44. The zero-order valence-corrected chi connectivity index (χ0v) is 10.5. The normalized spacial score (nSPS) is 24.2. The molecule has 0 bridgehead atoms. The van der Waals surface area contributed by atoms with Crippen LogP contribution in [0.3, 0.4) is 0 Å². The van der Waals surface area contributed by atoms with Gasteiger partial charge in [-0.3, -0.25) is 4.90 Å². The molecule has 88 valence electrons. The maximum Gasteiger partial charge on any atom is 0.101 e. The predicted octanol–water partition coefficient (Wildman–Crippen LogP) is 2.07. The molecule has 1 saturated heterocycles. The molecule has 0 aliphatic carbocycles. The first-order chi connectivity index (χ1) is 7.68. The van der Waals surface area contributed by atoms with E-state index in [4.69, 9.17) is 18.0 Å². The van der Waals surface area contributed by atoms with Crippen LogP contribution >= 0.6 is 12.2 Å². The summed E-state index contributed by atoms with van der Waals surface area (Å²) >= 11 is 5.20. The molecule has 0 amide bonds. The number of piperidine rings is 1. The molecule has 0 saturated carbocycles. The summed E-state index contributed by atoms with van der Waals surface area (Å²) in [6.45, 7) is 4.46. The number of aromatic nitrogens is 1. The van der Waals surface area contributed by atoms with Crippen molar-refractivity contribution in [2.45, 2.75) is 25.8 Å². The van der Waals surface area contributed by atoms with Crippen molar-refractivity contribution in [3.05, 3.63) is 24.0 Å². The second kappa shape index (κ2) is 4.97. The lowest BCUT2D eigenvalue weighted by Gasteiger charge is -2.36. The molecular weight excluding hydrogens is 218 g/mol. The minimum absolute atomic E-state index is 0.0766. The monoisotopic (exact) mass is 237 g/mol. The molecular formula is C12H19N3S. The third-order valence-corrected chi connectivity index (χ3v) is 3.46. The van der Waals surface area contributed by atoms with E-state index in [1.54, 1.807) is 0 Å². The number of H-pyrrole nitrogens is 1. The van der Waals surface area contributed by atoms with Crippen molar-refractivity contribution in [2.24, 2.45) is 11.7 Å². The van der Waals surface area contributed by atoms with Gasteiger partial charge in [0.25, 0.3) is 0 Å². The fraction of sp³-hybridized carbons (Fsp3) is 0.583. The number of nitrogens with zero attached hydrogens (tertiary/aromatic N) is 1. The molecule has 3 nitrogen and oxygen atoms in total. The second-order valence-corrected chi connectivity index (χ2v) is 5.14. The van der Waals surface area contributed by atoms with Crippen molar-refractivity contribution >= 4 is 17.2 Å². The fourth-order valence-corrected chi connectivity index (χ4v) is 2.78. The largest absolute Gasteiger partial charge is 0.392 e. The summed E-state index contributed by atoms with van der Waals surface area (Å²) in [6, 6.07) is 4.13. The fourth-order valence-electron chi connectivity index (χ4n) is 2.50. The first kappa shape index (κ1) is 11.6. The summed E-state index contributed by atoms with van der Waals surface area (Å²) in [7, 11) is 0. The minimum atomic E-state index is 0.0766. The summed E-state index contributed by atoms with van der Waals surface area (Å²) in [4.78, 5) is 6.18. The van der Waals surface area contributed by atoms with Crippen LogP contribution in [-0.2, 0) is 0 Å². The topological polar surface area (TPSA) is 45.0 Å². The van der Waals surface area contributed by atoms with Crippen LogP contribution in [0.2, 0.25) is 0 Å². The third-order valence-electron chi connectivity index (χ3n) is 3.24. The maximum absolute atomic E-state index is 5.87. The Hall–Kier alpha value is -0.870. The summed E-state index contributed by atoms with van der Waals surface area (Å²) in [5.74, 6) is 0.737. The lowest BCUT2D eigenvalue weighted by Crippen LogP contribution is -2.42. The van der Waals surface area contributed by atoms with Crippen molar-refractivity contribution in [1.82, 2.24) is 9.88 Å². The molecule has 2 heterocycles. The SMILES string of the molecule is CC1CCCN(C(C(N)=S)c2ccc[nH]2)C1. The Morgan fingerprint density at radius 1 is 1.69 bits per heavy atom. The Labute approximate surface area is 102 Å². The van der Waals surface area contributed by atoms with E-state index in [-0.39, 0.29) is 6.04 Å². The van der Waals surface area contributed by atoms with Crippen molar-refractivity contribution in [3.63, 3.8) is 0 Å². The number of hydrogen-bond donors (Lipinski definition) is 2. The summed E-state index contributed by atoms with van der Waals surface area (Å²) in [5.41, 5.74) is 6.99. The molecule has 1 aliphatic rings. The average molecular weight is 237 g/mol. The lowest BCUT2D eigenvalue weighted by atomic mass is 9.98. The average Bonchev–Trinajstić information content (AvgIpc) is 2.71. The van der Waals surface area contributed by atoms with Gasteiger partial charge in [0.2, 0.25) is 0 Å². The zero-order valence-electron chi connectivity index (χ0n) is 9.65. The van der Waals surface area contributed by atoms with Gasteiger partial charge in [0, 0.05) is 18.4 Å². The first-order valence-electron chi connectivity index (χ1n) is 5.85. The van der Waals surface area contributed by atoms with Crippen LogP contribution in [0.4, 0.5) is 0 Å². The molecule has 2 atom stereocenters. The number of likely N-dealkylation sites (tertiary alicyclic amines) is 1. The number of nitrogens with one attached hydrogen (secondary N) is 1. The van der Waals surface area contributed by atoms with Crippen LogP contribution in [0, 0.1) is 5.92 Å². The number of hydrogen-bond acceptors (Lipinski definition) is 2. The van der Waals surface area contributed by atoms with Crippen LogP contribution in [-0.4, -0.2) is 28.0 Å². The van der Waals surface area contributed by atoms with Gasteiger partial charge in [-0.15, -0.1) is 0 Å². The number of nitrogens with two attached hydrogens (primary N) is 1. The zero-order chi connectivity index (χ0) is 11.5. The molecule has 0 aromatic carbocycles. The van der Waals surface area contributed by atoms with Crippen LogP contribution in [0.5, 0.6) is 0 Å². The second-order valence-electron chi connectivity index (χ2n) is 4.67. The molecule has 1 fully saturated rings. The van der Waals surface area contributed by atoms with Gasteiger partial charge in [-0.05, 0) is 37.4 Å². The Balaban J connectivity index is 2.16. The van der Waals surface area contributed by atoms with Crippen LogP contribution < -0.4 is 5.73 Å². The Morgan fingerprint density at radius 2 is 2.50 bits per heavy atom. The number of rotatable bonds is 3. The van der Waals surface area contributed by atoms with E-state index in [1.165, 1.54) is 12.8 Å². The quantitative estimate of drug-likeness (QED) is 0.791. The van der Waals surface area contributed by atoms with Gasteiger partial charge in [-0.1, -0.05) is 19.1 Å². The lowest BCUT2D eigenvalue weighted by molar-refractivity contribution is 0.160. The molecule has 1 aromatic heterocycles. The number of thiocarbonyl (C=S) groups is 1. The molecule has 1 aliphatic heterocycles. The Morgan fingerprint density at radius 3 is 3.06 bits per heavy atom. The smallest absolute Gasteiger partial charge is 0.101 e. The highest BCUT2D eigenvalue weighted by molar-refractivity contribution is 7.80. The first-order valence-corrected chi connectivity index (χ1v) is 6.26. The van der Waals surface area contributed by atoms with Gasteiger partial charge in [-0.25, -0.2) is 0 Å². The molecule has 1 aromatic rings. The Bertz CT molecular complexity index is 347. The van der Waals surface area contributed by atoms with Crippen LogP contribution in [0.15, 0.2) is 18.3 Å². The van der Waals surface area contributed by atoms with E-state index in [0.29, 0.717) is 4.99 Å². The van der Waals surface area contributed by atoms with Crippen molar-refractivity contribution in [3.8, 4) is 0 Å². The standard InChI is InChI=1S/C12H19N3S/c1-9-4-3-7-15(8-9)11(12(13)16)10-5-2-6-14-10/h2,5-6,9,11,14H,3-4,7-8H2,1H3,(H2,13,16). The molecule has 4 heteroatoms.